The van der Waals surface area contributed by atoms with Gasteiger partial charge in [0.1, 0.15) is 5.75 Å². The summed E-state index contributed by atoms with van der Waals surface area (Å²) in [7, 11) is 1.65. The van der Waals surface area contributed by atoms with E-state index in [2.05, 4.69) is 20.2 Å². The molecule has 1 unspecified atom stereocenters. The Morgan fingerprint density at radius 3 is 2.67 bits per heavy atom. The zero-order chi connectivity index (χ0) is 25.5. The average Bonchev–Trinajstić information content (AvgIpc) is 2.89. The van der Waals surface area contributed by atoms with E-state index in [0.29, 0.717) is 22.5 Å². The number of benzene rings is 2. The van der Waals surface area contributed by atoms with Gasteiger partial charge in [0, 0.05) is 37.6 Å². The first kappa shape index (κ1) is 26.2. The van der Waals surface area contributed by atoms with Crippen LogP contribution >= 0.6 is 23.2 Å². The van der Waals surface area contributed by atoms with E-state index in [9.17, 15) is 4.79 Å². The fourth-order valence-corrected chi connectivity index (χ4v) is 4.66. The van der Waals surface area contributed by atoms with Crippen molar-refractivity contribution in [3.63, 3.8) is 0 Å². The third kappa shape index (κ3) is 7.09. The van der Waals surface area contributed by atoms with Crippen LogP contribution in [-0.4, -0.2) is 54.1 Å². The van der Waals surface area contributed by atoms with Gasteiger partial charge in [0.15, 0.2) is 6.61 Å². The standard InChI is InChI=1S/C27H30Cl2N4O3/c1-18-5-7-21(11-25(18)35-2)22-13-31-27(32-14-22)36-17-26(34)30-12-20-4-3-9-33(16-20)15-19-6-8-23(28)24(29)10-19/h5-8,10-11,13-14,20H,3-4,9,12,15-17H2,1-2H3,(H,30,34). The topological polar surface area (TPSA) is 76.6 Å². The van der Waals surface area contributed by atoms with E-state index >= 15 is 0 Å². The van der Waals surface area contributed by atoms with Crippen molar-refractivity contribution in [3.8, 4) is 22.9 Å². The van der Waals surface area contributed by atoms with Gasteiger partial charge in [-0.3, -0.25) is 9.69 Å². The number of likely N-dealkylation sites (tertiary alicyclic amines) is 1. The molecule has 190 valence electrons. The fourth-order valence-electron chi connectivity index (χ4n) is 4.34. The molecule has 9 heteroatoms. The zero-order valence-corrected chi connectivity index (χ0v) is 22.0. The molecule has 1 saturated heterocycles. The van der Waals surface area contributed by atoms with Gasteiger partial charge < -0.3 is 14.8 Å². The minimum absolute atomic E-state index is 0.128. The van der Waals surface area contributed by atoms with E-state index in [0.717, 1.165) is 60.5 Å². The Morgan fingerprint density at radius 1 is 1.11 bits per heavy atom. The summed E-state index contributed by atoms with van der Waals surface area (Å²) in [6.45, 7) is 5.22. The molecular weight excluding hydrogens is 499 g/mol. The molecule has 0 bridgehead atoms. The third-order valence-electron chi connectivity index (χ3n) is 6.28. The summed E-state index contributed by atoms with van der Waals surface area (Å²) in [6, 6.07) is 11.8. The number of carbonyl (C=O) groups excluding carboxylic acids is 1. The van der Waals surface area contributed by atoms with E-state index in [-0.39, 0.29) is 18.5 Å². The van der Waals surface area contributed by atoms with Crippen molar-refractivity contribution in [2.45, 2.75) is 26.3 Å². The minimum Gasteiger partial charge on any atom is -0.496 e. The molecule has 0 spiro atoms. The maximum Gasteiger partial charge on any atom is 0.316 e. The molecule has 0 aliphatic carbocycles. The Hall–Kier alpha value is -2.87. The number of halogens is 2. The van der Waals surface area contributed by atoms with Gasteiger partial charge >= 0.3 is 6.01 Å². The fraction of sp³-hybridized carbons (Fsp3) is 0.370. The first-order valence-corrected chi connectivity index (χ1v) is 12.7. The number of methoxy groups -OCH3 is 1. The van der Waals surface area contributed by atoms with Crippen LogP contribution in [0.15, 0.2) is 48.8 Å². The third-order valence-corrected chi connectivity index (χ3v) is 7.02. The number of ether oxygens (including phenoxy) is 2. The Bertz CT molecular complexity index is 1190. The molecule has 2 heterocycles. The predicted octanol–water partition coefficient (Wildman–Crippen LogP) is 5.17. The van der Waals surface area contributed by atoms with Gasteiger partial charge in [0.2, 0.25) is 0 Å². The van der Waals surface area contributed by atoms with E-state index in [1.807, 2.05) is 43.3 Å². The SMILES string of the molecule is COc1cc(-c2cnc(OCC(=O)NCC3CCCN(Cc4ccc(Cl)c(Cl)c4)C3)nc2)ccc1C. The number of rotatable bonds is 9. The summed E-state index contributed by atoms with van der Waals surface area (Å²) in [6.07, 6.45) is 5.52. The van der Waals surface area contributed by atoms with E-state index in [4.69, 9.17) is 32.7 Å². The molecule has 1 N–H and O–H groups in total. The lowest BCUT2D eigenvalue weighted by atomic mass is 9.97. The Balaban J connectivity index is 1.21. The Labute approximate surface area is 221 Å². The molecule has 1 fully saturated rings. The van der Waals surface area contributed by atoms with Gasteiger partial charge in [-0.15, -0.1) is 0 Å². The highest BCUT2D eigenvalue weighted by molar-refractivity contribution is 6.42. The van der Waals surface area contributed by atoms with Crippen LogP contribution in [0.1, 0.15) is 24.0 Å². The summed E-state index contributed by atoms with van der Waals surface area (Å²) in [5, 5.41) is 4.12. The highest BCUT2D eigenvalue weighted by Gasteiger charge is 2.21. The smallest absolute Gasteiger partial charge is 0.316 e. The molecule has 4 rings (SSSR count). The molecule has 7 nitrogen and oxygen atoms in total. The second-order valence-corrected chi connectivity index (χ2v) is 9.84. The average molecular weight is 529 g/mol. The molecule has 3 aromatic rings. The largest absolute Gasteiger partial charge is 0.496 e. The van der Waals surface area contributed by atoms with Gasteiger partial charge in [-0.2, -0.15) is 0 Å². The number of amides is 1. The van der Waals surface area contributed by atoms with Crippen molar-refractivity contribution in [2.24, 2.45) is 5.92 Å². The number of hydrogen-bond acceptors (Lipinski definition) is 6. The van der Waals surface area contributed by atoms with Crippen LogP contribution in [-0.2, 0) is 11.3 Å². The first-order chi connectivity index (χ1) is 17.4. The number of piperidine rings is 1. The van der Waals surface area contributed by atoms with Crippen LogP contribution in [0.2, 0.25) is 10.0 Å². The number of nitrogens with zero attached hydrogens (tertiary/aromatic N) is 3. The Morgan fingerprint density at radius 2 is 1.92 bits per heavy atom. The summed E-state index contributed by atoms with van der Waals surface area (Å²) in [4.78, 5) is 23.2. The van der Waals surface area contributed by atoms with Crippen molar-refractivity contribution < 1.29 is 14.3 Å². The minimum atomic E-state index is -0.187. The van der Waals surface area contributed by atoms with Gasteiger partial charge in [0.25, 0.3) is 5.91 Å². The van der Waals surface area contributed by atoms with Crippen molar-refractivity contribution in [1.82, 2.24) is 20.2 Å². The zero-order valence-electron chi connectivity index (χ0n) is 20.5. The van der Waals surface area contributed by atoms with Gasteiger partial charge in [-0.05, 0) is 67.1 Å². The molecule has 0 radical (unpaired) electrons. The van der Waals surface area contributed by atoms with Crippen LogP contribution in [0, 0.1) is 12.8 Å². The van der Waals surface area contributed by atoms with Crippen molar-refractivity contribution in [2.75, 3.05) is 33.4 Å². The molecule has 2 aromatic carbocycles. The summed E-state index contributed by atoms with van der Waals surface area (Å²) in [5.41, 5.74) is 3.98. The second kappa shape index (κ2) is 12.4. The van der Waals surface area contributed by atoms with Gasteiger partial charge in [-0.25, -0.2) is 9.97 Å². The summed E-state index contributed by atoms with van der Waals surface area (Å²) < 4.78 is 10.9. The Kier molecular flexibility index (Phi) is 9.02. The molecule has 1 aromatic heterocycles. The monoisotopic (exact) mass is 528 g/mol. The maximum absolute atomic E-state index is 12.3. The van der Waals surface area contributed by atoms with Crippen LogP contribution in [0.3, 0.4) is 0 Å². The molecule has 1 amide bonds. The molecule has 1 aliphatic rings. The molecular formula is C27H30Cl2N4O3. The van der Waals surface area contributed by atoms with E-state index in [1.165, 1.54) is 0 Å². The molecule has 1 aliphatic heterocycles. The highest BCUT2D eigenvalue weighted by Crippen LogP contribution is 2.27. The van der Waals surface area contributed by atoms with Crippen LogP contribution in [0.5, 0.6) is 11.8 Å². The number of nitrogens with one attached hydrogen (secondary N) is 1. The molecule has 1 atom stereocenters. The van der Waals surface area contributed by atoms with Gasteiger partial charge in [-0.1, -0.05) is 41.4 Å². The summed E-state index contributed by atoms with van der Waals surface area (Å²) >= 11 is 12.2. The van der Waals surface area contributed by atoms with Crippen LogP contribution in [0.4, 0.5) is 0 Å². The lowest BCUT2D eigenvalue weighted by Crippen LogP contribution is -2.41. The summed E-state index contributed by atoms with van der Waals surface area (Å²) in [5.74, 6) is 1.00. The molecule has 36 heavy (non-hydrogen) atoms. The van der Waals surface area contributed by atoms with Crippen molar-refractivity contribution >= 4 is 29.1 Å². The lowest BCUT2D eigenvalue weighted by molar-refractivity contribution is -0.123. The predicted molar refractivity (Wildman–Crippen MR) is 142 cm³/mol. The normalized spacial score (nSPS) is 15.9. The van der Waals surface area contributed by atoms with Crippen molar-refractivity contribution in [3.05, 3.63) is 70.0 Å². The maximum atomic E-state index is 12.3. The van der Waals surface area contributed by atoms with E-state index < -0.39 is 0 Å². The highest BCUT2D eigenvalue weighted by atomic mass is 35.5. The van der Waals surface area contributed by atoms with Crippen LogP contribution in [0.25, 0.3) is 11.1 Å². The number of aryl methyl sites for hydroxylation is 1. The molecule has 0 saturated carbocycles. The van der Waals surface area contributed by atoms with Gasteiger partial charge in [0.05, 0.1) is 17.2 Å². The van der Waals surface area contributed by atoms with Crippen molar-refractivity contribution in [1.29, 1.82) is 0 Å². The van der Waals surface area contributed by atoms with Crippen LogP contribution < -0.4 is 14.8 Å². The van der Waals surface area contributed by atoms with E-state index in [1.54, 1.807) is 19.5 Å². The number of aromatic nitrogens is 2. The number of hydrogen-bond donors (Lipinski definition) is 1. The number of carbonyl (C=O) groups is 1. The quantitative estimate of drug-likeness (QED) is 0.412. The first-order valence-electron chi connectivity index (χ1n) is 11.9. The second-order valence-electron chi connectivity index (χ2n) is 9.02. The lowest BCUT2D eigenvalue weighted by Gasteiger charge is -2.32.